The van der Waals surface area contributed by atoms with Gasteiger partial charge < -0.3 is 19.7 Å². The van der Waals surface area contributed by atoms with Gasteiger partial charge >= 0.3 is 0 Å². The molecule has 0 bridgehead atoms. The van der Waals surface area contributed by atoms with Crippen molar-refractivity contribution in [2.45, 2.75) is 31.9 Å². The summed E-state index contributed by atoms with van der Waals surface area (Å²) in [5.41, 5.74) is 1.95. The van der Waals surface area contributed by atoms with Crippen LogP contribution >= 0.6 is 0 Å². The summed E-state index contributed by atoms with van der Waals surface area (Å²) in [6, 6.07) is 14.1. The molecule has 1 atom stereocenters. The molecule has 1 aliphatic rings. The fourth-order valence-electron chi connectivity index (χ4n) is 4.28. The first-order valence-corrected chi connectivity index (χ1v) is 13.7. The molecular weight excluding hydrogens is 466 g/mol. The standard InChI is InChI=1S/C25H33N5O4S/c1-18(19-7-5-4-6-8-19)29-25-21-15-24(23(33-2)16-22(21)26-17-27-25)34-20-9-12-30(13-10-20)14-11-28-35(3,31)32/h4-8,15-18,20,28H,9-14H2,1-3H3,(H,26,27,29)/t18-/m1/s1. The van der Waals surface area contributed by atoms with Gasteiger partial charge in [0.2, 0.25) is 10.0 Å². The lowest BCUT2D eigenvalue weighted by Crippen LogP contribution is -2.42. The van der Waals surface area contributed by atoms with E-state index in [0.717, 1.165) is 42.7 Å². The van der Waals surface area contributed by atoms with E-state index in [1.54, 1.807) is 13.4 Å². The third-order valence-electron chi connectivity index (χ3n) is 6.19. The number of hydrogen-bond donors (Lipinski definition) is 2. The molecule has 1 aliphatic heterocycles. The van der Waals surface area contributed by atoms with Gasteiger partial charge in [-0.15, -0.1) is 0 Å². The van der Waals surface area contributed by atoms with Gasteiger partial charge in [0.1, 0.15) is 18.2 Å². The highest BCUT2D eigenvalue weighted by Gasteiger charge is 2.22. The maximum absolute atomic E-state index is 11.3. The van der Waals surface area contributed by atoms with Crippen LogP contribution in [0.5, 0.6) is 11.5 Å². The topological polar surface area (TPSA) is 106 Å². The molecule has 188 valence electrons. The number of likely N-dealkylation sites (tertiary alicyclic amines) is 1. The minimum absolute atomic E-state index is 0.0461. The number of nitrogens with one attached hydrogen (secondary N) is 2. The molecule has 2 heterocycles. The summed E-state index contributed by atoms with van der Waals surface area (Å²) < 4.78 is 37.1. The van der Waals surface area contributed by atoms with E-state index >= 15 is 0 Å². The number of sulfonamides is 1. The summed E-state index contributed by atoms with van der Waals surface area (Å²) in [6.07, 6.45) is 4.47. The Kier molecular flexibility index (Phi) is 8.04. The van der Waals surface area contributed by atoms with E-state index in [0.29, 0.717) is 24.6 Å². The van der Waals surface area contributed by atoms with Gasteiger partial charge in [-0.05, 0) is 31.4 Å². The van der Waals surface area contributed by atoms with Crippen LogP contribution < -0.4 is 19.5 Å². The molecule has 9 nitrogen and oxygen atoms in total. The van der Waals surface area contributed by atoms with Crippen LogP contribution in [0, 0.1) is 0 Å². The van der Waals surface area contributed by atoms with E-state index in [4.69, 9.17) is 9.47 Å². The number of nitrogens with zero attached hydrogens (tertiary/aromatic N) is 3. The number of ether oxygens (including phenoxy) is 2. The number of methoxy groups -OCH3 is 1. The zero-order valence-electron chi connectivity index (χ0n) is 20.4. The molecule has 1 aromatic heterocycles. The van der Waals surface area contributed by atoms with Gasteiger partial charge in [0.15, 0.2) is 11.5 Å². The Balaban J connectivity index is 1.45. The van der Waals surface area contributed by atoms with Crippen LogP contribution in [0.15, 0.2) is 48.8 Å². The molecule has 0 saturated carbocycles. The highest BCUT2D eigenvalue weighted by molar-refractivity contribution is 7.88. The van der Waals surface area contributed by atoms with Gasteiger partial charge in [-0.25, -0.2) is 23.1 Å². The van der Waals surface area contributed by atoms with Gasteiger partial charge in [-0.2, -0.15) is 0 Å². The predicted molar refractivity (Wildman–Crippen MR) is 138 cm³/mol. The van der Waals surface area contributed by atoms with Gasteiger partial charge in [0, 0.05) is 43.7 Å². The molecule has 2 aromatic carbocycles. The predicted octanol–water partition coefficient (Wildman–Crippen LogP) is 3.20. The SMILES string of the molecule is COc1cc2ncnc(N[C@H](C)c3ccccc3)c2cc1OC1CCN(CCNS(C)(=O)=O)CC1. The lowest BCUT2D eigenvalue weighted by atomic mass is 10.1. The van der Waals surface area contributed by atoms with Crippen LogP contribution in [0.4, 0.5) is 5.82 Å². The van der Waals surface area contributed by atoms with Gasteiger partial charge in [0.25, 0.3) is 0 Å². The molecule has 0 unspecified atom stereocenters. The second-order valence-electron chi connectivity index (χ2n) is 8.84. The Morgan fingerprint density at radius 3 is 2.54 bits per heavy atom. The maximum Gasteiger partial charge on any atom is 0.208 e. The fraction of sp³-hybridized carbons (Fsp3) is 0.440. The first-order chi connectivity index (χ1) is 16.8. The summed E-state index contributed by atoms with van der Waals surface area (Å²) in [4.78, 5) is 11.2. The van der Waals surface area contributed by atoms with Crippen molar-refractivity contribution in [3.8, 4) is 11.5 Å². The molecule has 0 spiro atoms. The third-order valence-corrected chi connectivity index (χ3v) is 6.92. The first-order valence-electron chi connectivity index (χ1n) is 11.8. The molecule has 0 radical (unpaired) electrons. The van der Waals surface area contributed by atoms with E-state index < -0.39 is 10.0 Å². The van der Waals surface area contributed by atoms with Crippen molar-refractivity contribution in [2.75, 3.05) is 44.9 Å². The molecule has 3 aromatic rings. The van der Waals surface area contributed by atoms with Crippen molar-refractivity contribution in [3.63, 3.8) is 0 Å². The van der Waals surface area contributed by atoms with E-state index in [-0.39, 0.29) is 12.1 Å². The monoisotopic (exact) mass is 499 g/mol. The van der Waals surface area contributed by atoms with Crippen LogP contribution in [0.25, 0.3) is 10.9 Å². The van der Waals surface area contributed by atoms with E-state index in [9.17, 15) is 8.42 Å². The normalized spacial score (nSPS) is 16.2. The average Bonchev–Trinajstić information content (AvgIpc) is 2.85. The van der Waals surface area contributed by atoms with Gasteiger partial charge in [-0.1, -0.05) is 30.3 Å². The number of fused-ring (bicyclic) bond motifs is 1. The lowest BCUT2D eigenvalue weighted by Gasteiger charge is -2.32. The third kappa shape index (κ3) is 6.81. The van der Waals surface area contributed by atoms with E-state index in [1.165, 1.54) is 11.8 Å². The van der Waals surface area contributed by atoms with Crippen LogP contribution in [0.1, 0.15) is 31.4 Å². The van der Waals surface area contributed by atoms with Crippen molar-refractivity contribution >= 4 is 26.7 Å². The number of rotatable bonds is 10. The number of benzene rings is 2. The van der Waals surface area contributed by atoms with Crippen LogP contribution in [-0.4, -0.2) is 68.9 Å². The molecule has 4 rings (SSSR count). The zero-order valence-corrected chi connectivity index (χ0v) is 21.2. The van der Waals surface area contributed by atoms with Crippen molar-refractivity contribution < 1.29 is 17.9 Å². The number of piperidine rings is 1. The average molecular weight is 500 g/mol. The highest BCUT2D eigenvalue weighted by atomic mass is 32.2. The Hall–Kier alpha value is -2.95. The number of anilines is 1. The Morgan fingerprint density at radius 1 is 1.11 bits per heavy atom. The number of hydrogen-bond acceptors (Lipinski definition) is 8. The van der Waals surface area contributed by atoms with Gasteiger partial charge in [-0.3, -0.25) is 0 Å². The van der Waals surface area contributed by atoms with E-state index in [2.05, 4.69) is 44.0 Å². The summed E-state index contributed by atoms with van der Waals surface area (Å²) >= 11 is 0. The quantitative estimate of drug-likeness (QED) is 0.438. The van der Waals surface area contributed by atoms with E-state index in [1.807, 2.05) is 30.3 Å². The smallest absolute Gasteiger partial charge is 0.208 e. The second kappa shape index (κ2) is 11.2. The number of aromatic nitrogens is 2. The van der Waals surface area contributed by atoms with Crippen LogP contribution in [-0.2, 0) is 10.0 Å². The van der Waals surface area contributed by atoms with Gasteiger partial charge in [0.05, 0.1) is 18.9 Å². The zero-order chi connectivity index (χ0) is 24.8. The van der Waals surface area contributed by atoms with Crippen LogP contribution in [0.3, 0.4) is 0 Å². The van der Waals surface area contributed by atoms with Crippen molar-refractivity contribution in [3.05, 3.63) is 54.4 Å². The summed E-state index contributed by atoms with van der Waals surface area (Å²) in [6.45, 7) is 4.89. The summed E-state index contributed by atoms with van der Waals surface area (Å²) in [7, 11) is -1.53. The largest absolute Gasteiger partial charge is 0.493 e. The van der Waals surface area contributed by atoms with Crippen molar-refractivity contribution in [1.82, 2.24) is 19.6 Å². The molecule has 0 amide bonds. The van der Waals surface area contributed by atoms with Crippen molar-refractivity contribution in [2.24, 2.45) is 0 Å². The molecule has 35 heavy (non-hydrogen) atoms. The Bertz CT molecular complexity index is 1230. The molecule has 1 fully saturated rings. The summed E-state index contributed by atoms with van der Waals surface area (Å²) in [5.74, 6) is 2.05. The minimum atomic E-state index is -3.16. The van der Waals surface area contributed by atoms with Crippen molar-refractivity contribution in [1.29, 1.82) is 0 Å². The second-order valence-corrected chi connectivity index (χ2v) is 10.7. The summed E-state index contributed by atoms with van der Waals surface area (Å²) in [5, 5.41) is 4.37. The lowest BCUT2D eigenvalue weighted by molar-refractivity contribution is 0.0993. The highest BCUT2D eigenvalue weighted by Crippen LogP contribution is 2.36. The maximum atomic E-state index is 11.3. The molecule has 10 heteroatoms. The minimum Gasteiger partial charge on any atom is -0.493 e. The Labute approximate surface area is 206 Å². The first kappa shape index (κ1) is 25.2. The van der Waals surface area contributed by atoms with Crippen LogP contribution in [0.2, 0.25) is 0 Å². The molecular formula is C25H33N5O4S. The Morgan fingerprint density at radius 2 is 1.86 bits per heavy atom. The molecule has 0 aliphatic carbocycles. The molecule has 2 N–H and O–H groups in total. The fourth-order valence-corrected chi connectivity index (χ4v) is 4.74. The molecule has 1 saturated heterocycles.